The molecule has 1 aliphatic carbocycles. The molecule has 1 heterocycles. The molecule has 1 aliphatic rings. The molecule has 0 spiro atoms. The number of nitrogens with one attached hydrogen (secondary N) is 1. The number of hydrogen-bond acceptors (Lipinski definition) is 3. The fourth-order valence-electron chi connectivity index (χ4n) is 2.87. The highest BCUT2D eigenvalue weighted by Crippen LogP contribution is 2.40. The van der Waals surface area contributed by atoms with Gasteiger partial charge in [0.1, 0.15) is 5.82 Å². The minimum Gasteiger partial charge on any atom is -0.308 e. The molecule has 3 nitrogen and oxygen atoms in total. The third-order valence-corrected chi connectivity index (χ3v) is 3.83. The second kappa shape index (κ2) is 5.49. The lowest BCUT2D eigenvalue weighted by Crippen LogP contribution is -2.28. The van der Waals surface area contributed by atoms with Crippen molar-refractivity contribution in [3.05, 3.63) is 59.7 Å². The van der Waals surface area contributed by atoms with Crippen LogP contribution in [0.1, 0.15) is 42.3 Å². The van der Waals surface area contributed by atoms with Gasteiger partial charge >= 0.3 is 0 Å². The van der Waals surface area contributed by atoms with Crippen LogP contribution in [0.25, 0.3) is 0 Å². The monoisotopic (exact) mass is 253 g/mol. The Kier molecular flexibility index (Phi) is 3.56. The van der Waals surface area contributed by atoms with E-state index in [4.69, 9.17) is 0 Å². The molecule has 0 aliphatic heterocycles. The second-order valence-electron chi connectivity index (χ2n) is 5.05. The Labute approximate surface area is 114 Å². The summed E-state index contributed by atoms with van der Waals surface area (Å²) in [5, 5.41) is 3.50. The molecule has 1 aromatic carbocycles. The third-order valence-electron chi connectivity index (χ3n) is 3.83. The number of hydrogen-bond donors (Lipinski definition) is 1. The highest BCUT2D eigenvalue weighted by molar-refractivity contribution is 5.40. The summed E-state index contributed by atoms with van der Waals surface area (Å²) in [4.78, 5) is 8.78. The van der Waals surface area contributed by atoms with Crippen LogP contribution in [0.15, 0.2) is 42.7 Å². The topological polar surface area (TPSA) is 37.8 Å². The van der Waals surface area contributed by atoms with Gasteiger partial charge in [-0.1, -0.05) is 31.2 Å². The molecule has 1 N–H and O–H groups in total. The van der Waals surface area contributed by atoms with E-state index in [1.54, 1.807) is 0 Å². The van der Waals surface area contributed by atoms with Crippen LogP contribution in [0.5, 0.6) is 0 Å². The van der Waals surface area contributed by atoms with Crippen molar-refractivity contribution in [1.82, 2.24) is 15.3 Å². The first-order valence-electron chi connectivity index (χ1n) is 6.96. The Morgan fingerprint density at radius 1 is 1.21 bits per heavy atom. The number of aromatic nitrogens is 2. The third kappa shape index (κ3) is 2.51. The van der Waals surface area contributed by atoms with Gasteiger partial charge in [0.25, 0.3) is 0 Å². The molecule has 1 aromatic heterocycles. The van der Waals surface area contributed by atoms with Crippen LogP contribution in [0.4, 0.5) is 0 Å². The molecule has 2 unspecified atom stereocenters. The largest absolute Gasteiger partial charge is 0.308 e. The van der Waals surface area contributed by atoms with E-state index in [2.05, 4.69) is 46.5 Å². The van der Waals surface area contributed by atoms with Gasteiger partial charge in [-0.3, -0.25) is 0 Å². The van der Waals surface area contributed by atoms with Gasteiger partial charge in [0.15, 0.2) is 0 Å². The molecule has 3 rings (SSSR count). The molecule has 0 saturated carbocycles. The predicted molar refractivity (Wildman–Crippen MR) is 76.0 cm³/mol. The Hall–Kier alpha value is -1.74. The second-order valence-corrected chi connectivity index (χ2v) is 5.05. The first kappa shape index (κ1) is 12.3. The van der Waals surface area contributed by atoms with Crippen LogP contribution >= 0.6 is 0 Å². The van der Waals surface area contributed by atoms with E-state index in [9.17, 15) is 0 Å². The van der Waals surface area contributed by atoms with Gasteiger partial charge in [-0.25, -0.2) is 9.97 Å². The summed E-state index contributed by atoms with van der Waals surface area (Å²) in [7, 11) is 0. The molecule has 3 heteroatoms. The Morgan fingerprint density at radius 3 is 2.74 bits per heavy atom. The van der Waals surface area contributed by atoms with Gasteiger partial charge in [-0.2, -0.15) is 0 Å². The average molecular weight is 253 g/mol. The van der Waals surface area contributed by atoms with Crippen molar-refractivity contribution in [3.63, 3.8) is 0 Å². The van der Waals surface area contributed by atoms with E-state index in [0.717, 1.165) is 18.8 Å². The van der Waals surface area contributed by atoms with Crippen molar-refractivity contribution in [1.29, 1.82) is 0 Å². The zero-order chi connectivity index (χ0) is 13.1. The van der Waals surface area contributed by atoms with Crippen molar-refractivity contribution in [2.75, 3.05) is 6.54 Å². The molecular weight excluding hydrogens is 234 g/mol. The zero-order valence-corrected chi connectivity index (χ0v) is 11.2. The summed E-state index contributed by atoms with van der Waals surface area (Å²) in [6.07, 6.45) is 5.91. The Morgan fingerprint density at radius 2 is 2.00 bits per heavy atom. The number of fused-ring (bicyclic) bond motifs is 1. The number of benzene rings is 1. The lowest BCUT2D eigenvalue weighted by atomic mass is 9.74. The maximum absolute atomic E-state index is 4.39. The number of rotatable bonds is 5. The fraction of sp³-hybridized carbons (Fsp3) is 0.375. The van der Waals surface area contributed by atoms with E-state index < -0.39 is 0 Å². The van der Waals surface area contributed by atoms with Crippen LogP contribution in [0.2, 0.25) is 0 Å². The lowest BCUT2D eigenvalue weighted by Gasteiger charge is -2.32. The molecule has 0 amide bonds. The fourth-order valence-corrected chi connectivity index (χ4v) is 2.87. The molecule has 19 heavy (non-hydrogen) atoms. The Balaban J connectivity index is 1.74. The summed E-state index contributed by atoms with van der Waals surface area (Å²) < 4.78 is 0. The van der Waals surface area contributed by atoms with Crippen molar-refractivity contribution in [3.8, 4) is 0 Å². The molecule has 0 radical (unpaired) electrons. The normalized spacial score (nSPS) is 18.5. The van der Waals surface area contributed by atoms with Crippen molar-refractivity contribution in [2.24, 2.45) is 0 Å². The van der Waals surface area contributed by atoms with E-state index in [1.807, 2.05) is 18.5 Å². The summed E-state index contributed by atoms with van der Waals surface area (Å²) in [6.45, 7) is 3.07. The van der Waals surface area contributed by atoms with Gasteiger partial charge in [-0.15, -0.1) is 0 Å². The van der Waals surface area contributed by atoms with E-state index in [0.29, 0.717) is 5.92 Å². The standard InChI is InChI=1S/C16H19N3/c1-2-17-15(16-18-8-5-9-19-16)11-13-10-12-6-3-4-7-14(12)13/h3-9,13,15,17H,2,10-11H2,1H3. The molecule has 0 bridgehead atoms. The summed E-state index contributed by atoms with van der Waals surface area (Å²) >= 11 is 0. The van der Waals surface area contributed by atoms with Crippen molar-refractivity contribution in [2.45, 2.75) is 31.7 Å². The highest BCUT2D eigenvalue weighted by atomic mass is 15.0. The minimum absolute atomic E-state index is 0.254. The van der Waals surface area contributed by atoms with Crippen LogP contribution in [0.3, 0.4) is 0 Å². The van der Waals surface area contributed by atoms with E-state index in [1.165, 1.54) is 17.5 Å². The summed E-state index contributed by atoms with van der Waals surface area (Å²) in [5.74, 6) is 1.55. The lowest BCUT2D eigenvalue weighted by molar-refractivity contribution is 0.420. The molecule has 0 saturated heterocycles. The SMILES string of the molecule is CCNC(CC1Cc2ccccc21)c1ncccn1. The van der Waals surface area contributed by atoms with Crippen molar-refractivity contribution < 1.29 is 0 Å². The van der Waals surface area contributed by atoms with E-state index in [-0.39, 0.29) is 6.04 Å². The highest BCUT2D eigenvalue weighted by Gasteiger charge is 2.29. The van der Waals surface area contributed by atoms with Gasteiger partial charge in [0, 0.05) is 12.4 Å². The minimum atomic E-state index is 0.254. The van der Waals surface area contributed by atoms with Gasteiger partial charge in [-0.05, 0) is 42.5 Å². The maximum Gasteiger partial charge on any atom is 0.145 e. The zero-order valence-electron chi connectivity index (χ0n) is 11.2. The summed E-state index contributed by atoms with van der Waals surface area (Å²) in [6, 6.07) is 10.9. The molecule has 2 atom stereocenters. The molecule has 98 valence electrons. The van der Waals surface area contributed by atoms with E-state index >= 15 is 0 Å². The average Bonchev–Trinajstić information content (AvgIpc) is 2.44. The molecule has 0 fully saturated rings. The van der Waals surface area contributed by atoms with Gasteiger partial charge in [0.05, 0.1) is 6.04 Å². The van der Waals surface area contributed by atoms with Crippen molar-refractivity contribution >= 4 is 0 Å². The van der Waals surface area contributed by atoms with Crippen LogP contribution in [0, 0.1) is 0 Å². The van der Waals surface area contributed by atoms with Gasteiger partial charge < -0.3 is 5.32 Å². The maximum atomic E-state index is 4.39. The molecular formula is C16H19N3. The summed E-state index contributed by atoms with van der Waals surface area (Å²) in [5.41, 5.74) is 3.00. The quantitative estimate of drug-likeness (QED) is 0.890. The first-order chi connectivity index (χ1) is 9.38. The smallest absolute Gasteiger partial charge is 0.145 e. The van der Waals surface area contributed by atoms with Crippen LogP contribution in [-0.4, -0.2) is 16.5 Å². The van der Waals surface area contributed by atoms with Crippen LogP contribution < -0.4 is 5.32 Å². The Bertz CT molecular complexity index is 539. The van der Waals surface area contributed by atoms with Gasteiger partial charge in [0.2, 0.25) is 0 Å². The number of nitrogens with zero attached hydrogens (tertiary/aromatic N) is 2. The predicted octanol–water partition coefficient (Wildman–Crippen LogP) is 2.86. The molecule has 2 aromatic rings. The first-order valence-corrected chi connectivity index (χ1v) is 6.96. The van der Waals surface area contributed by atoms with Crippen LogP contribution in [-0.2, 0) is 6.42 Å².